The Bertz CT molecular complexity index is 680. The van der Waals surface area contributed by atoms with E-state index in [0.717, 1.165) is 36.5 Å². The van der Waals surface area contributed by atoms with Gasteiger partial charge in [0.1, 0.15) is 0 Å². The molecule has 2 unspecified atom stereocenters. The van der Waals surface area contributed by atoms with Crippen LogP contribution >= 0.6 is 0 Å². The highest BCUT2D eigenvalue weighted by molar-refractivity contribution is 5.25. The number of rotatable bonds is 3. The molecule has 3 saturated carbocycles. The van der Waals surface area contributed by atoms with E-state index in [0.29, 0.717) is 16.7 Å². The minimum atomic E-state index is -0.0889. The summed E-state index contributed by atoms with van der Waals surface area (Å²) in [7, 11) is 0. The number of hydrogen-bond acceptors (Lipinski definition) is 1. The van der Waals surface area contributed by atoms with E-state index >= 15 is 0 Å². The second-order valence-corrected chi connectivity index (χ2v) is 11.4. The van der Waals surface area contributed by atoms with Crippen LogP contribution in [0, 0.1) is 40.4 Å². The minimum absolute atomic E-state index is 0.0889. The Morgan fingerprint density at radius 2 is 1.89 bits per heavy atom. The molecule has 0 radical (unpaired) electrons. The van der Waals surface area contributed by atoms with Gasteiger partial charge >= 0.3 is 0 Å². The molecule has 1 nitrogen and oxygen atoms in total. The van der Waals surface area contributed by atoms with E-state index in [1.54, 1.807) is 5.57 Å². The van der Waals surface area contributed by atoms with E-state index in [1.807, 2.05) is 0 Å². The van der Waals surface area contributed by atoms with E-state index in [1.165, 1.54) is 44.1 Å². The summed E-state index contributed by atoms with van der Waals surface area (Å²) in [6, 6.07) is 0. The quantitative estimate of drug-likeness (QED) is 0.408. The van der Waals surface area contributed by atoms with E-state index in [2.05, 4.69) is 58.9 Å². The van der Waals surface area contributed by atoms with Gasteiger partial charge in [0, 0.05) is 0 Å². The van der Waals surface area contributed by atoms with Gasteiger partial charge in [-0.2, -0.15) is 0 Å². The molecule has 0 saturated heterocycles. The van der Waals surface area contributed by atoms with Gasteiger partial charge in [-0.05, 0) is 106 Å². The summed E-state index contributed by atoms with van der Waals surface area (Å²) in [5.74, 6) is 4.15. The lowest BCUT2D eigenvalue weighted by molar-refractivity contribution is -0.0540. The molecular weight excluding hydrogens is 340 g/mol. The second kappa shape index (κ2) is 7.46. The van der Waals surface area contributed by atoms with Crippen molar-refractivity contribution < 1.29 is 5.11 Å². The first-order valence-corrected chi connectivity index (χ1v) is 11.9. The monoisotopic (exact) mass is 382 g/mol. The maximum atomic E-state index is 10.2. The first kappa shape index (κ1) is 20.5. The van der Waals surface area contributed by atoms with Crippen molar-refractivity contribution in [2.24, 2.45) is 40.4 Å². The van der Waals surface area contributed by atoms with Crippen LogP contribution in [0.15, 0.2) is 35.5 Å². The van der Waals surface area contributed by atoms with Crippen molar-refractivity contribution in [3.8, 4) is 0 Å². The molecule has 4 aliphatic carbocycles. The molecule has 0 aromatic rings. The van der Waals surface area contributed by atoms with Crippen molar-refractivity contribution in [2.45, 2.75) is 92.1 Å². The molecule has 0 aliphatic heterocycles. The fourth-order valence-electron chi connectivity index (χ4n) is 8.10. The third kappa shape index (κ3) is 3.26. The maximum absolute atomic E-state index is 10.2. The molecule has 4 aliphatic rings. The molecule has 156 valence electrons. The van der Waals surface area contributed by atoms with Gasteiger partial charge in [0.25, 0.3) is 0 Å². The zero-order valence-corrected chi connectivity index (χ0v) is 18.9. The van der Waals surface area contributed by atoms with Gasteiger partial charge in [-0.1, -0.05) is 56.2 Å². The van der Waals surface area contributed by atoms with Crippen LogP contribution in [0.25, 0.3) is 0 Å². The molecule has 4 rings (SSSR count). The number of aliphatic hydroxyl groups is 1. The zero-order valence-electron chi connectivity index (χ0n) is 18.9. The van der Waals surface area contributed by atoms with Gasteiger partial charge in [0.2, 0.25) is 0 Å². The van der Waals surface area contributed by atoms with Gasteiger partial charge in [0.05, 0.1) is 6.10 Å². The fraction of sp³-hybridized carbons (Fsp3) is 0.778. The first-order chi connectivity index (χ1) is 13.3. The summed E-state index contributed by atoms with van der Waals surface area (Å²) in [6.45, 7) is 12.0. The molecule has 3 fully saturated rings. The lowest BCUT2D eigenvalue weighted by Crippen LogP contribution is -2.50. The Kier molecular flexibility index (Phi) is 5.45. The van der Waals surface area contributed by atoms with Crippen molar-refractivity contribution >= 4 is 0 Å². The van der Waals surface area contributed by atoms with Crippen LogP contribution in [-0.4, -0.2) is 11.2 Å². The van der Waals surface area contributed by atoms with Gasteiger partial charge in [-0.3, -0.25) is 0 Å². The summed E-state index contributed by atoms with van der Waals surface area (Å²) in [4.78, 5) is 0. The smallest absolute Gasteiger partial charge is 0.0577 e. The molecule has 8 atom stereocenters. The number of allylic oxidation sites excluding steroid dienone is 5. The largest absolute Gasteiger partial charge is 0.393 e. The first-order valence-electron chi connectivity index (χ1n) is 11.9. The van der Waals surface area contributed by atoms with Crippen molar-refractivity contribution in [3.63, 3.8) is 0 Å². The van der Waals surface area contributed by atoms with Crippen LogP contribution in [0.2, 0.25) is 0 Å². The average molecular weight is 383 g/mol. The normalized spacial score (nSPS) is 46.4. The zero-order chi connectivity index (χ0) is 20.1. The molecular formula is C27H42O. The van der Waals surface area contributed by atoms with Crippen LogP contribution < -0.4 is 0 Å². The second-order valence-electron chi connectivity index (χ2n) is 11.4. The van der Waals surface area contributed by atoms with Crippen LogP contribution in [0.3, 0.4) is 0 Å². The highest BCUT2D eigenvalue weighted by atomic mass is 16.3. The van der Waals surface area contributed by atoms with Crippen LogP contribution in [0.1, 0.15) is 86.0 Å². The summed E-state index contributed by atoms with van der Waals surface area (Å²) in [6.07, 6.45) is 19.6. The van der Waals surface area contributed by atoms with Gasteiger partial charge in [-0.25, -0.2) is 0 Å². The molecule has 0 bridgehead atoms. The lowest BCUT2D eigenvalue weighted by atomic mass is 9.47. The SMILES string of the molecule is CC(C)=C/C=C/[C@@H](C)[C@H]1CCC2[C@@H]3CC=C4C[C@@H](O)CC[C@]4(C)C3CC[C@@]21C. The third-order valence-electron chi connectivity index (χ3n) is 9.63. The molecule has 1 heteroatoms. The molecule has 0 aromatic carbocycles. The summed E-state index contributed by atoms with van der Waals surface area (Å²) in [5, 5.41) is 10.2. The highest BCUT2D eigenvalue weighted by Gasteiger charge is 2.58. The molecule has 1 N–H and O–H groups in total. The van der Waals surface area contributed by atoms with Crippen molar-refractivity contribution in [1.82, 2.24) is 0 Å². The third-order valence-corrected chi connectivity index (χ3v) is 9.63. The van der Waals surface area contributed by atoms with Crippen molar-refractivity contribution in [3.05, 3.63) is 35.5 Å². The van der Waals surface area contributed by atoms with Crippen LogP contribution in [-0.2, 0) is 0 Å². The van der Waals surface area contributed by atoms with E-state index in [4.69, 9.17) is 0 Å². The fourth-order valence-corrected chi connectivity index (χ4v) is 8.10. The predicted molar refractivity (Wildman–Crippen MR) is 119 cm³/mol. The van der Waals surface area contributed by atoms with E-state index in [9.17, 15) is 5.11 Å². The molecule has 0 heterocycles. The Labute approximate surface area is 173 Å². The molecule has 0 amide bonds. The standard InChI is InChI=1S/C27H42O/c1-18(2)7-6-8-19(3)23-11-12-24-22-10-9-20-17-21(28)13-15-26(20,4)25(22)14-16-27(23,24)5/h6-9,19,21-25,28H,10-17H2,1-5H3/b8-6+/t19-,21+,22+,23-,24?,25?,26+,27-/m1/s1. The number of hydrogen-bond donors (Lipinski definition) is 1. The number of aliphatic hydroxyl groups excluding tert-OH is 1. The Balaban J connectivity index is 1.55. The van der Waals surface area contributed by atoms with Gasteiger partial charge < -0.3 is 5.11 Å². The summed E-state index contributed by atoms with van der Waals surface area (Å²) in [5.41, 5.74) is 3.88. The minimum Gasteiger partial charge on any atom is -0.393 e. The Hall–Kier alpha value is -0.820. The highest BCUT2D eigenvalue weighted by Crippen LogP contribution is 2.67. The maximum Gasteiger partial charge on any atom is 0.0577 e. The Morgan fingerprint density at radius 3 is 2.64 bits per heavy atom. The predicted octanol–water partition coefficient (Wildman–Crippen LogP) is 7.08. The van der Waals surface area contributed by atoms with Gasteiger partial charge in [0.15, 0.2) is 0 Å². The summed E-state index contributed by atoms with van der Waals surface area (Å²) < 4.78 is 0. The van der Waals surface area contributed by atoms with Crippen molar-refractivity contribution in [1.29, 1.82) is 0 Å². The molecule has 0 aromatic heterocycles. The Morgan fingerprint density at radius 1 is 1.11 bits per heavy atom. The van der Waals surface area contributed by atoms with Crippen LogP contribution in [0.4, 0.5) is 0 Å². The number of fused-ring (bicyclic) bond motifs is 5. The molecule has 28 heavy (non-hydrogen) atoms. The molecule has 0 spiro atoms. The lowest BCUT2D eigenvalue weighted by Gasteiger charge is -2.58. The van der Waals surface area contributed by atoms with Gasteiger partial charge in [-0.15, -0.1) is 0 Å². The topological polar surface area (TPSA) is 20.2 Å². The summed E-state index contributed by atoms with van der Waals surface area (Å²) >= 11 is 0. The van der Waals surface area contributed by atoms with E-state index < -0.39 is 0 Å². The van der Waals surface area contributed by atoms with Crippen molar-refractivity contribution in [2.75, 3.05) is 0 Å². The van der Waals surface area contributed by atoms with E-state index in [-0.39, 0.29) is 6.10 Å². The average Bonchev–Trinajstić information content (AvgIpc) is 2.99. The van der Waals surface area contributed by atoms with Crippen LogP contribution in [0.5, 0.6) is 0 Å².